The van der Waals surface area contributed by atoms with Crippen molar-refractivity contribution in [3.63, 3.8) is 0 Å². The highest BCUT2D eigenvalue weighted by molar-refractivity contribution is 5.94. The number of hydrogen-bond acceptors (Lipinski definition) is 4. The largest absolute Gasteiger partial charge is 0.490 e. The van der Waals surface area contributed by atoms with Gasteiger partial charge in [0.05, 0.1) is 12.4 Å². The van der Waals surface area contributed by atoms with E-state index in [4.69, 9.17) is 14.3 Å². The highest BCUT2D eigenvalue weighted by Gasteiger charge is 2.11. The number of aliphatic carboxylic acids is 1. The van der Waals surface area contributed by atoms with Crippen LogP contribution in [0.25, 0.3) is 11.3 Å². The first-order chi connectivity index (χ1) is 15.0. The molecule has 2 N–H and O–H groups in total. The van der Waals surface area contributed by atoms with E-state index in [0.717, 1.165) is 35.5 Å². The Bertz CT molecular complexity index is 979. The maximum absolute atomic E-state index is 12.6. The molecule has 31 heavy (non-hydrogen) atoms. The molecule has 0 aliphatic carbocycles. The zero-order valence-electron chi connectivity index (χ0n) is 17.5. The molecule has 0 radical (unpaired) electrons. The molecule has 0 saturated heterocycles. The number of amides is 1. The Kier molecular flexibility index (Phi) is 7.87. The van der Waals surface area contributed by atoms with E-state index in [2.05, 4.69) is 5.32 Å². The van der Waals surface area contributed by atoms with E-state index in [-0.39, 0.29) is 18.4 Å². The van der Waals surface area contributed by atoms with Gasteiger partial charge in [-0.2, -0.15) is 0 Å². The zero-order chi connectivity index (χ0) is 22.1. The molecule has 3 rings (SSSR count). The van der Waals surface area contributed by atoms with Crippen LogP contribution < -0.4 is 10.1 Å². The van der Waals surface area contributed by atoms with Crippen molar-refractivity contribution in [3.05, 3.63) is 78.1 Å². The van der Waals surface area contributed by atoms with Crippen LogP contribution in [0.1, 0.15) is 48.5 Å². The molecule has 1 amide bonds. The van der Waals surface area contributed by atoms with E-state index in [1.807, 2.05) is 55.5 Å². The smallest absolute Gasteiger partial charge is 0.303 e. The summed E-state index contributed by atoms with van der Waals surface area (Å²) in [5.41, 5.74) is 2.37. The number of nitrogens with one attached hydrogen (secondary N) is 1. The Morgan fingerprint density at radius 3 is 2.52 bits per heavy atom. The average molecular weight is 421 g/mol. The quantitative estimate of drug-likeness (QED) is 0.411. The van der Waals surface area contributed by atoms with Gasteiger partial charge in [0.25, 0.3) is 5.91 Å². The molecule has 162 valence electrons. The van der Waals surface area contributed by atoms with Gasteiger partial charge >= 0.3 is 5.97 Å². The van der Waals surface area contributed by atoms with Crippen LogP contribution in [0.15, 0.2) is 71.3 Å². The normalized spacial score (nSPS) is 11.6. The fourth-order valence-corrected chi connectivity index (χ4v) is 3.25. The number of furan rings is 1. The molecule has 0 bridgehead atoms. The van der Waals surface area contributed by atoms with Crippen molar-refractivity contribution in [1.82, 2.24) is 5.32 Å². The second kappa shape index (κ2) is 11.0. The molecule has 0 aliphatic rings. The summed E-state index contributed by atoms with van der Waals surface area (Å²) < 4.78 is 11.4. The van der Waals surface area contributed by atoms with Gasteiger partial charge in [0.2, 0.25) is 0 Å². The maximum Gasteiger partial charge on any atom is 0.303 e. The summed E-state index contributed by atoms with van der Waals surface area (Å²) in [4.78, 5) is 23.2. The first-order valence-corrected chi connectivity index (χ1v) is 10.4. The predicted molar refractivity (Wildman–Crippen MR) is 118 cm³/mol. The number of benzene rings is 2. The van der Waals surface area contributed by atoms with Crippen molar-refractivity contribution in [2.45, 2.75) is 45.3 Å². The van der Waals surface area contributed by atoms with Crippen LogP contribution in [0, 0.1) is 0 Å². The fourth-order valence-electron chi connectivity index (χ4n) is 3.25. The van der Waals surface area contributed by atoms with E-state index in [1.165, 1.54) is 0 Å². The maximum atomic E-state index is 12.6. The second-order valence-corrected chi connectivity index (χ2v) is 7.41. The Hall–Kier alpha value is -3.54. The molecule has 6 nitrogen and oxygen atoms in total. The number of carboxylic acid groups (broad SMARTS) is 1. The SMILES string of the molecule is CC(CCCCC(=O)O)Oc1ccccc1CNC(=O)c1ccc(-c2ccco2)cc1. The minimum Gasteiger partial charge on any atom is -0.490 e. The van der Waals surface area contributed by atoms with Crippen molar-refractivity contribution >= 4 is 11.9 Å². The number of carbonyl (C=O) groups excluding carboxylic acids is 1. The summed E-state index contributed by atoms with van der Waals surface area (Å²) >= 11 is 0. The molecule has 1 aromatic heterocycles. The fraction of sp³-hybridized carbons (Fsp3) is 0.280. The monoisotopic (exact) mass is 421 g/mol. The third kappa shape index (κ3) is 6.74. The lowest BCUT2D eigenvalue weighted by atomic mass is 10.1. The molecule has 1 heterocycles. The van der Waals surface area contributed by atoms with Crippen LogP contribution in [-0.4, -0.2) is 23.1 Å². The summed E-state index contributed by atoms with van der Waals surface area (Å²) in [6.07, 6.45) is 3.96. The number of para-hydroxylation sites is 1. The number of ether oxygens (including phenoxy) is 1. The lowest BCUT2D eigenvalue weighted by Gasteiger charge is -2.17. The minimum absolute atomic E-state index is 0.0419. The first-order valence-electron chi connectivity index (χ1n) is 10.4. The molecule has 0 aliphatic heterocycles. The van der Waals surface area contributed by atoms with E-state index in [1.54, 1.807) is 18.4 Å². The van der Waals surface area contributed by atoms with Crippen molar-refractivity contribution in [1.29, 1.82) is 0 Å². The Morgan fingerprint density at radius 1 is 1.03 bits per heavy atom. The highest BCUT2D eigenvalue weighted by Crippen LogP contribution is 2.22. The van der Waals surface area contributed by atoms with E-state index >= 15 is 0 Å². The minimum atomic E-state index is -0.773. The molecular weight excluding hydrogens is 394 g/mol. The standard InChI is InChI=1S/C25H27NO5/c1-18(7-2-5-11-24(27)28)31-23-9-4-3-8-21(23)17-26-25(29)20-14-12-19(13-15-20)22-10-6-16-30-22/h3-4,6,8-10,12-16,18H,2,5,7,11,17H2,1H3,(H,26,29)(H,27,28). The molecule has 1 unspecified atom stereocenters. The summed E-state index contributed by atoms with van der Waals surface area (Å²) in [5, 5.41) is 11.7. The summed E-state index contributed by atoms with van der Waals surface area (Å²) in [5.74, 6) is 0.546. The van der Waals surface area contributed by atoms with E-state index in [9.17, 15) is 9.59 Å². The molecule has 2 aromatic carbocycles. The van der Waals surface area contributed by atoms with Gasteiger partial charge in [0.1, 0.15) is 11.5 Å². The molecule has 0 saturated carbocycles. The van der Waals surface area contributed by atoms with Crippen LogP contribution in [0.4, 0.5) is 0 Å². The summed E-state index contributed by atoms with van der Waals surface area (Å²) in [6.45, 7) is 2.32. The van der Waals surface area contributed by atoms with Crippen molar-refractivity contribution in [2.75, 3.05) is 0 Å². The third-order valence-electron chi connectivity index (χ3n) is 4.94. The second-order valence-electron chi connectivity index (χ2n) is 7.41. The van der Waals surface area contributed by atoms with Gasteiger partial charge < -0.3 is 19.6 Å². The van der Waals surface area contributed by atoms with Crippen molar-refractivity contribution in [2.24, 2.45) is 0 Å². The topological polar surface area (TPSA) is 88.8 Å². The first kappa shape index (κ1) is 22.2. The van der Waals surface area contributed by atoms with Crippen LogP contribution in [-0.2, 0) is 11.3 Å². The van der Waals surface area contributed by atoms with Gasteiger partial charge in [-0.05, 0) is 56.5 Å². The van der Waals surface area contributed by atoms with Gasteiger partial charge in [0.15, 0.2) is 0 Å². The Balaban J connectivity index is 1.53. The van der Waals surface area contributed by atoms with Gasteiger partial charge in [-0.15, -0.1) is 0 Å². The van der Waals surface area contributed by atoms with Gasteiger partial charge in [0, 0.05) is 29.7 Å². The average Bonchev–Trinajstić information content (AvgIpc) is 3.31. The van der Waals surface area contributed by atoms with Crippen molar-refractivity contribution < 1.29 is 23.8 Å². The third-order valence-corrected chi connectivity index (χ3v) is 4.94. The van der Waals surface area contributed by atoms with Gasteiger partial charge in [-0.1, -0.05) is 30.3 Å². The molecule has 0 spiro atoms. The molecule has 0 fully saturated rings. The Morgan fingerprint density at radius 2 is 1.81 bits per heavy atom. The molecule has 1 atom stereocenters. The van der Waals surface area contributed by atoms with E-state index in [0.29, 0.717) is 18.5 Å². The molecule has 3 aromatic rings. The predicted octanol–water partition coefficient (Wildman–Crippen LogP) is 5.29. The van der Waals surface area contributed by atoms with Crippen LogP contribution >= 0.6 is 0 Å². The van der Waals surface area contributed by atoms with Crippen LogP contribution in [0.2, 0.25) is 0 Å². The summed E-state index contributed by atoms with van der Waals surface area (Å²) in [6, 6.07) is 18.6. The van der Waals surface area contributed by atoms with Crippen LogP contribution in [0.3, 0.4) is 0 Å². The summed E-state index contributed by atoms with van der Waals surface area (Å²) in [7, 11) is 0. The zero-order valence-corrected chi connectivity index (χ0v) is 17.5. The Labute approximate surface area is 181 Å². The number of carboxylic acids is 1. The highest BCUT2D eigenvalue weighted by atomic mass is 16.5. The number of carbonyl (C=O) groups is 2. The molecule has 6 heteroatoms. The van der Waals surface area contributed by atoms with Crippen LogP contribution in [0.5, 0.6) is 5.75 Å². The number of hydrogen-bond donors (Lipinski definition) is 2. The number of rotatable bonds is 11. The van der Waals surface area contributed by atoms with Crippen molar-refractivity contribution in [3.8, 4) is 17.1 Å². The lowest BCUT2D eigenvalue weighted by Crippen LogP contribution is -2.23. The number of unbranched alkanes of at least 4 members (excludes halogenated alkanes) is 1. The molecular formula is C25H27NO5. The van der Waals surface area contributed by atoms with Gasteiger partial charge in [-0.25, -0.2) is 0 Å². The lowest BCUT2D eigenvalue weighted by molar-refractivity contribution is -0.137. The van der Waals surface area contributed by atoms with Gasteiger partial charge in [-0.3, -0.25) is 9.59 Å². The van der Waals surface area contributed by atoms with E-state index < -0.39 is 5.97 Å².